The summed E-state index contributed by atoms with van der Waals surface area (Å²) < 4.78 is 20.0. The number of carbonyl (C=O) groups excluding carboxylic acids is 1. The summed E-state index contributed by atoms with van der Waals surface area (Å²) in [5, 5.41) is 0. The van der Waals surface area contributed by atoms with Crippen molar-refractivity contribution in [2.24, 2.45) is 23.7 Å². The average molecular weight is 491 g/mol. The van der Waals surface area contributed by atoms with Gasteiger partial charge in [0.05, 0.1) is 5.92 Å². The topological polar surface area (TPSA) is 26.3 Å². The Bertz CT molecular complexity index is 982. The van der Waals surface area contributed by atoms with Gasteiger partial charge < -0.3 is 4.74 Å². The van der Waals surface area contributed by atoms with Crippen molar-refractivity contribution < 1.29 is 13.9 Å². The highest BCUT2D eigenvalue weighted by molar-refractivity contribution is 5.75. The molecule has 0 bridgehead atoms. The van der Waals surface area contributed by atoms with Crippen LogP contribution in [0.5, 0.6) is 5.75 Å². The van der Waals surface area contributed by atoms with Gasteiger partial charge in [0.15, 0.2) is 0 Å². The van der Waals surface area contributed by atoms with Crippen LogP contribution in [0.15, 0.2) is 60.7 Å². The van der Waals surface area contributed by atoms with Crippen molar-refractivity contribution in [3.05, 3.63) is 77.6 Å². The van der Waals surface area contributed by atoms with E-state index in [1.165, 1.54) is 43.7 Å². The van der Waals surface area contributed by atoms with E-state index >= 15 is 0 Å². The predicted octanol–water partition coefficient (Wildman–Crippen LogP) is 9.05. The molecule has 0 heterocycles. The maximum Gasteiger partial charge on any atom is 0.314 e. The molecule has 0 radical (unpaired) electrons. The Hall–Kier alpha value is -2.42. The number of hydrogen-bond donors (Lipinski definition) is 0. The smallest absolute Gasteiger partial charge is 0.314 e. The zero-order valence-electron chi connectivity index (χ0n) is 22.1. The third-order valence-corrected chi connectivity index (χ3v) is 8.78. The minimum Gasteiger partial charge on any atom is -0.426 e. The van der Waals surface area contributed by atoms with Crippen LogP contribution < -0.4 is 4.74 Å². The molecule has 1 atom stereocenters. The highest BCUT2D eigenvalue weighted by Crippen LogP contribution is 2.43. The fourth-order valence-electron chi connectivity index (χ4n) is 6.54. The SMILES string of the molecule is C/C=C/CCc1ccc(OC(=O)C2CCC(C3CCC(C[C@@H](C)c4ccccc4)CC3)CC2)cc1F. The highest BCUT2D eigenvalue weighted by Gasteiger charge is 2.34. The van der Waals surface area contributed by atoms with Gasteiger partial charge in [-0.05, 0) is 106 Å². The molecule has 194 valence electrons. The second kappa shape index (κ2) is 13.2. The molecule has 0 aromatic heterocycles. The Morgan fingerprint density at radius 1 is 0.972 bits per heavy atom. The normalized spacial score (nSPS) is 25.5. The van der Waals surface area contributed by atoms with Crippen LogP contribution in [0.4, 0.5) is 4.39 Å². The van der Waals surface area contributed by atoms with Crippen LogP contribution in [0.1, 0.15) is 95.1 Å². The molecule has 2 aromatic rings. The first-order valence-corrected chi connectivity index (χ1v) is 14.2. The number of ether oxygens (including phenoxy) is 1. The molecular weight excluding hydrogens is 447 g/mol. The number of rotatable bonds is 9. The number of hydrogen-bond acceptors (Lipinski definition) is 2. The molecule has 36 heavy (non-hydrogen) atoms. The Morgan fingerprint density at radius 2 is 1.64 bits per heavy atom. The van der Waals surface area contributed by atoms with Gasteiger partial charge in [0.25, 0.3) is 0 Å². The minimum atomic E-state index is -0.290. The predicted molar refractivity (Wildman–Crippen MR) is 146 cm³/mol. The van der Waals surface area contributed by atoms with Crippen LogP contribution in [-0.2, 0) is 11.2 Å². The minimum absolute atomic E-state index is 0.0539. The van der Waals surface area contributed by atoms with Crippen molar-refractivity contribution >= 4 is 5.97 Å². The molecule has 4 rings (SSSR count). The molecule has 2 saturated carbocycles. The van der Waals surface area contributed by atoms with Gasteiger partial charge in [-0.3, -0.25) is 4.79 Å². The first kappa shape index (κ1) is 26.6. The first-order valence-electron chi connectivity index (χ1n) is 14.2. The Labute approximate surface area is 217 Å². The quantitative estimate of drug-likeness (QED) is 0.199. The van der Waals surface area contributed by atoms with Crippen LogP contribution >= 0.6 is 0 Å². The van der Waals surface area contributed by atoms with Gasteiger partial charge in [-0.15, -0.1) is 0 Å². The Kier molecular flexibility index (Phi) is 9.78. The van der Waals surface area contributed by atoms with Crippen molar-refractivity contribution in [3.63, 3.8) is 0 Å². The second-order valence-electron chi connectivity index (χ2n) is 11.2. The van der Waals surface area contributed by atoms with Gasteiger partial charge in [-0.25, -0.2) is 4.39 Å². The standard InChI is InChI=1S/C33H43FO2/c1-3-4-6-11-29-20-21-31(23-32(29)34)36-33(35)30-18-16-28(17-19-30)27-14-12-25(13-15-27)22-24(2)26-9-7-5-8-10-26/h3-5,7-10,20-21,23-25,27-28,30H,6,11-19,22H2,1-2H3/b4-3+/t24-,25?,27?,28?,30?/m1/s1. The highest BCUT2D eigenvalue weighted by atomic mass is 19.1. The van der Waals surface area contributed by atoms with Crippen LogP contribution in [0, 0.1) is 29.5 Å². The van der Waals surface area contributed by atoms with Crippen molar-refractivity contribution in [3.8, 4) is 5.75 Å². The number of halogens is 1. The summed E-state index contributed by atoms with van der Waals surface area (Å²) >= 11 is 0. The van der Waals surface area contributed by atoms with E-state index in [-0.39, 0.29) is 17.7 Å². The maximum atomic E-state index is 14.4. The van der Waals surface area contributed by atoms with E-state index in [0.29, 0.717) is 23.7 Å². The lowest BCUT2D eigenvalue weighted by atomic mass is 9.68. The average Bonchev–Trinajstić information content (AvgIpc) is 2.91. The molecule has 2 aromatic carbocycles. The molecule has 2 fully saturated rings. The van der Waals surface area contributed by atoms with E-state index in [9.17, 15) is 9.18 Å². The summed E-state index contributed by atoms with van der Waals surface area (Å²) in [7, 11) is 0. The van der Waals surface area contributed by atoms with Gasteiger partial charge in [0, 0.05) is 6.07 Å². The van der Waals surface area contributed by atoms with E-state index in [4.69, 9.17) is 4.74 Å². The van der Waals surface area contributed by atoms with Gasteiger partial charge in [-0.1, -0.05) is 68.3 Å². The summed E-state index contributed by atoms with van der Waals surface area (Å²) in [6, 6.07) is 15.8. The third kappa shape index (κ3) is 7.31. The molecule has 0 aliphatic heterocycles. The molecule has 2 aliphatic rings. The first-order chi connectivity index (χ1) is 17.5. The van der Waals surface area contributed by atoms with Gasteiger partial charge in [0.1, 0.15) is 11.6 Å². The number of allylic oxidation sites excluding steroid dienone is 2. The fraction of sp³-hybridized carbons (Fsp3) is 0.545. The second-order valence-corrected chi connectivity index (χ2v) is 11.2. The molecule has 0 N–H and O–H groups in total. The molecule has 3 heteroatoms. The molecule has 0 spiro atoms. The van der Waals surface area contributed by atoms with Gasteiger partial charge >= 0.3 is 5.97 Å². The monoisotopic (exact) mass is 490 g/mol. The molecule has 2 aliphatic carbocycles. The number of benzene rings is 2. The van der Waals surface area contributed by atoms with E-state index in [2.05, 4.69) is 37.3 Å². The van der Waals surface area contributed by atoms with E-state index in [1.807, 2.05) is 19.1 Å². The van der Waals surface area contributed by atoms with Crippen LogP contribution in [-0.4, -0.2) is 5.97 Å². The lowest BCUT2D eigenvalue weighted by Gasteiger charge is -2.38. The molecular formula is C33H43FO2. The van der Waals surface area contributed by atoms with Crippen LogP contribution in [0.3, 0.4) is 0 Å². The maximum absolute atomic E-state index is 14.4. The van der Waals surface area contributed by atoms with E-state index in [1.54, 1.807) is 12.1 Å². The Morgan fingerprint density at radius 3 is 2.28 bits per heavy atom. The Balaban J connectivity index is 1.18. The van der Waals surface area contributed by atoms with E-state index in [0.717, 1.165) is 49.9 Å². The van der Waals surface area contributed by atoms with Crippen molar-refractivity contribution in [2.75, 3.05) is 0 Å². The van der Waals surface area contributed by atoms with Gasteiger partial charge in [0.2, 0.25) is 0 Å². The number of esters is 1. The lowest BCUT2D eigenvalue weighted by molar-refractivity contribution is -0.140. The molecule has 0 unspecified atom stereocenters. The fourth-order valence-corrected chi connectivity index (χ4v) is 6.54. The molecule has 2 nitrogen and oxygen atoms in total. The van der Waals surface area contributed by atoms with Crippen molar-refractivity contribution in [2.45, 2.75) is 90.4 Å². The summed E-state index contributed by atoms with van der Waals surface area (Å²) in [6.07, 6.45) is 16.2. The van der Waals surface area contributed by atoms with Crippen LogP contribution in [0.2, 0.25) is 0 Å². The summed E-state index contributed by atoms with van der Waals surface area (Å²) in [6.45, 7) is 4.33. The summed E-state index contributed by atoms with van der Waals surface area (Å²) in [5.41, 5.74) is 2.13. The number of carbonyl (C=O) groups is 1. The zero-order chi connectivity index (χ0) is 25.3. The zero-order valence-corrected chi connectivity index (χ0v) is 22.1. The van der Waals surface area contributed by atoms with Crippen molar-refractivity contribution in [1.82, 2.24) is 0 Å². The van der Waals surface area contributed by atoms with Gasteiger partial charge in [-0.2, -0.15) is 0 Å². The largest absolute Gasteiger partial charge is 0.426 e. The van der Waals surface area contributed by atoms with Crippen LogP contribution in [0.25, 0.3) is 0 Å². The summed E-state index contributed by atoms with van der Waals surface area (Å²) in [4.78, 5) is 12.8. The molecule has 0 amide bonds. The van der Waals surface area contributed by atoms with Crippen molar-refractivity contribution in [1.29, 1.82) is 0 Å². The summed E-state index contributed by atoms with van der Waals surface area (Å²) in [5.74, 6) is 2.84. The third-order valence-electron chi connectivity index (χ3n) is 8.78. The van der Waals surface area contributed by atoms with E-state index < -0.39 is 0 Å². The lowest BCUT2D eigenvalue weighted by Crippen LogP contribution is -2.30. The number of aryl methyl sites for hydroxylation is 1. The molecule has 0 saturated heterocycles.